The fraction of sp³-hybridized carbons (Fsp3) is 0.320. The Balaban J connectivity index is 1.49. The lowest BCUT2D eigenvalue weighted by Gasteiger charge is -2.37. The minimum atomic E-state index is -0.0343. The van der Waals surface area contributed by atoms with Crippen LogP contribution in [-0.4, -0.2) is 23.9 Å². The highest BCUT2D eigenvalue weighted by atomic mass is 16.3. The molecule has 1 saturated heterocycles. The van der Waals surface area contributed by atoms with Gasteiger partial charge >= 0.3 is 0 Å². The molecule has 29 heavy (non-hydrogen) atoms. The van der Waals surface area contributed by atoms with Gasteiger partial charge in [-0.2, -0.15) is 0 Å². The molecule has 1 aliphatic rings. The van der Waals surface area contributed by atoms with Crippen molar-refractivity contribution in [3.05, 3.63) is 95.4 Å². The van der Waals surface area contributed by atoms with E-state index in [1.165, 1.54) is 16.7 Å². The predicted molar refractivity (Wildman–Crippen MR) is 114 cm³/mol. The van der Waals surface area contributed by atoms with Crippen LogP contribution in [0.5, 0.6) is 0 Å². The van der Waals surface area contributed by atoms with Crippen LogP contribution in [0.15, 0.2) is 77.4 Å². The molecule has 0 aliphatic carbocycles. The van der Waals surface area contributed by atoms with Gasteiger partial charge in [0, 0.05) is 19.6 Å². The van der Waals surface area contributed by atoms with Crippen molar-refractivity contribution < 1.29 is 9.21 Å². The Morgan fingerprint density at radius 2 is 1.93 bits per heavy atom. The fourth-order valence-corrected chi connectivity index (χ4v) is 4.25. The number of carbonyl (C=O) groups excluding carboxylic acids is 1. The number of hydrogen-bond donors (Lipinski definition) is 1. The zero-order valence-electron chi connectivity index (χ0n) is 16.9. The molecule has 0 radical (unpaired) electrons. The van der Waals surface area contributed by atoms with Crippen molar-refractivity contribution in [2.75, 3.05) is 13.1 Å². The molecule has 2 atom stereocenters. The van der Waals surface area contributed by atoms with Crippen LogP contribution in [0.1, 0.15) is 34.8 Å². The SMILES string of the molecule is Cc1cccc([C@H]2C[C@H](C(=O)NCc3ccco3)CN(Cc3ccccc3)C2)c1. The third-order valence-corrected chi connectivity index (χ3v) is 5.68. The maximum Gasteiger partial charge on any atom is 0.224 e. The van der Waals surface area contributed by atoms with Crippen molar-refractivity contribution in [3.8, 4) is 0 Å². The average molecular weight is 389 g/mol. The molecule has 0 bridgehead atoms. The quantitative estimate of drug-likeness (QED) is 0.676. The summed E-state index contributed by atoms with van der Waals surface area (Å²) in [4.78, 5) is 15.4. The number of aryl methyl sites for hydroxylation is 1. The van der Waals surface area contributed by atoms with Crippen LogP contribution in [0.3, 0.4) is 0 Å². The second kappa shape index (κ2) is 9.10. The summed E-state index contributed by atoms with van der Waals surface area (Å²) < 4.78 is 5.35. The third kappa shape index (κ3) is 5.15. The molecule has 1 fully saturated rings. The number of nitrogens with zero attached hydrogens (tertiary/aromatic N) is 1. The molecule has 1 aliphatic heterocycles. The number of piperidine rings is 1. The molecule has 0 unspecified atom stereocenters. The largest absolute Gasteiger partial charge is 0.467 e. The second-order valence-electron chi connectivity index (χ2n) is 8.02. The number of benzene rings is 2. The van der Waals surface area contributed by atoms with Gasteiger partial charge in [-0.15, -0.1) is 0 Å². The number of amides is 1. The van der Waals surface area contributed by atoms with E-state index in [4.69, 9.17) is 4.42 Å². The smallest absolute Gasteiger partial charge is 0.224 e. The monoisotopic (exact) mass is 388 g/mol. The fourth-order valence-electron chi connectivity index (χ4n) is 4.25. The minimum absolute atomic E-state index is 0.0343. The normalized spacial score (nSPS) is 19.8. The number of hydrogen-bond acceptors (Lipinski definition) is 3. The van der Waals surface area contributed by atoms with E-state index in [-0.39, 0.29) is 11.8 Å². The molecule has 4 heteroatoms. The molecular formula is C25H28N2O2. The van der Waals surface area contributed by atoms with Crippen LogP contribution in [0.4, 0.5) is 0 Å². The van der Waals surface area contributed by atoms with Crippen molar-refractivity contribution >= 4 is 5.91 Å². The van der Waals surface area contributed by atoms with Gasteiger partial charge in [-0.25, -0.2) is 0 Å². The first-order valence-corrected chi connectivity index (χ1v) is 10.3. The molecule has 3 aromatic rings. The van der Waals surface area contributed by atoms with E-state index in [2.05, 4.69) is 65.7 Å². The summed E-state index contributed by atoms with van der Waals surface area (Å²) >= 11 is 0. The topological polar surface area (TPSA) is 45.5 Å². The summed E-state index contributed by atoms with van der Waals surface area (Å²) in [6.07, 6.45) is 2.51. The van der Waals surface area contributed by atoms with E-state index in [0.29, 0.717) is 12.5 Å². The van der Waals surface area contributed by atoms with Gasteiger partial charge in [-0.3, -0.25) is 9.69 Å². The van der Waals surface area contributed by atoms with Gasteiger partial charge in [0.2, 0.25) is 5.91 Å². The lowest BCUT2D eigenvalue weighted by molar-refractivity contribution is -0.127. The van der Waals surface area contributed by atoms with Gasteiger partial charge in [0.1, 0.15) is 5.76 Å². The van der Waals surface area contributed by atoms with Crippen LogP contribution in [0, 0.1) is 12.8 Å². The highest BCUT2D eigenvalue weighted by Gasteiger charge is 2.32. The van der Waals surface area contributed by atoms with E-state index in [1.807, 2.05) is 18.2 Å². The molecule has 0 spiro atoms. The Kier molecular flexibility index (Phi) is 6.11. The van der Waals surface area contributed by atoms with Gasteiger partial charge in [-0.05, 0) is 42.5 Å². The van der Waals surface area contributed by atoms with Gasteiger partial charge in [0.05, 0.1) is 18.7 Å². The standard InChI is InChI=1S/C25H28N2O2/c1-19-7-5-10-21(13-19)22-14-23(25(28)26-15-24-11-6-12-29-24)18-27(17-22)16-20-8-3-2-4-9-20/h2-13,22-23H,14-18H2,1H3,(H,26,28)/t22-,23-/m0/s1. The van der Waals surface area contributed by atoms with E-state index in [9.17, 15) is 4.79 Å². The Morgan fingerprint density at radius 3 is 2.69 bits per heavy atom. The van der Waals surface area contributed by atoms with E-state index in [1.54, 1.807) is 6.26 Å². The molecule has 2 aromatic carbocycles. The van der Waals surface area contributed by atoms with Crippen molar-refractivity contribution in [3.63, 3.8) is 0 Å². The summed E-state index contributed by atoms with van der Waals surface area (Å²) in [5.74, 6) is 1.21. The first kappa shape index (κ1) is 19.5. The molecule has 4 rings (SSSR count). The first-order chi connectivity index (χ1) is 14.2. The summed E-state index contributed by atoms with van der Waals surface area (Å²) in [5, 5.41) is 3.06. The number of rotatable bonds is 6. The van der Waals surface area contributed by atoms with E-state index < -0.39 is 0 Å². The maximum atomic E-state index is 13.0. The molecule has 4 nitrogen and oxygen atoms in total. The number of likely N-dealkylation sites (tertiary alicyclic amines) is 1. The Hall–Kier alpha value is -2.85. The average Bonchev–Trinajstić information content (AvgIpc) is 3.26. The zero-order valence-corrected chi connectivity index (χ0v) is 16.9. The van der Waals surface area contributed by atoms with Crippen LogP contribution in [0.25, 0.3) is 0 Å². The van der Waals surface area contributed by atoms with Crippen molar-refractivity contribution in [1.29, 1.82) is 0 Å². The summed E-state index contributed by atoms with van der Waals surface area (Å²) in [5.41, 5.74) is 3.88. The highest BCUT2D eigenvalue weighted by Crippen LogP contribution is 2.31. The van der Waals surface area contributed by atoms with Gasteiger partial charge < -0.3 is 9.73 Å². The molecular weight excluding hydrogens is 360 g/mol. The first-order valence-electron chi connectivity index (χ1n) is 10.3. The van der Waals surface area contributed by atoms with Crippen molar-refractivity contribution in [2.24, 2.45) is 5.92 Å². The minimum Gasteiger partial charge on any atom is -0.467 e. The summed E-state index contributed by atoms with van der Waals surface area (Å²) in [6, 6.07) is 22.9. The third-order valence-electron chi connectivity index (χ3n) is 5.68. The predicted octanol–water partition coefficient (Wildman–Crippen LogP) is 4.51. The molecule has 0 saturated carbocycles. The van der Waals surface area contributed by atoms with Crippen LogP contribution < -0.4 is 5.32 Å². The van der Waals surface area contributed by atoms with Gasteiger partial charge in [0.15, 0.2) is 0 Å². The maximum absolute atomic E-state index is 13.0. The number of furan rings is 1. The summed E-state index contributed by atoms with van der Waals surface area (Å²) in [6.45, 7) is 5.18. The molecule has 2 heterocycles. The second-order valence-corrected chi connectivity index (χ2v) is 8.02. The molecule has 1 aromatic heterocycles. The van der Waals surface area contributed by atoms with Gasteiger partial charge in [-0.1, -0.05) is 60.2 Å². The van der Waals surface area contributed by atoms with E-state index in [0.717, 1.165) is 31.8 Å². The zero-order chi connectivity index (χ0) is 20.1. The van der Waals surface area contributed by atoms with Crippen LogP contribution in [-0.2, 0) is 17.9 Å². The van der Waals surface area contributed by atoms with Gasteiger partial charge in [0.25, 0.3) is 0 Å². The number of carbonyl (C=O) groups is 1. The lowest BCUT2D eigenvalue weighted by Crippen LogP contribution is -2.45. The lowest BCUT2D eigenvalue weighted by atomic mass is 9.83. The molecule has 1 amide bonds. The van der Waals surface area contributed by atoms with Crippen molar-refractivity contribution in [1.82, 2.24) is 10.2 Å². The number of nitrogens with one attached hydrogen (secondary N) is 1. The Labute approximate surface area is 172 Å². The molecule has 1 N–H and O–H groups in total. The van der Waals surface area contributed by atoms with Crippen LogP contribution >= 0.6 is 0 Å². The summed E-state index contributed by atoms with van der Waals surface area (Å²) in [7, 11) is 0. The van der Waals surface area contributed by atoms with Crippen molar-refractivity contribution in [2.45, 2.75) is 32.4 Å². The Bertz CT molecular complexity index is 921. The van der Waals surface area contributed by atoms with Crippen LogP contribution in [0.2, 0.25) is 0 Å². The highest BCUT2D eigenvalue weighted by molar-refractivity contribution is 5.79. The van der Waals surface area contributed by atoms with E-state index >= 15 is 0 Å². The molecule has 150 valence electrons. The Morgan fingerprint density at radius 1 is 1.07 bits per heavy atom.